The molecule has 0 aliphatic carbocycles. The Morgan fingerprint density at radius 2 is 2.00 bits per heavy atom. The number of ether oxygens (including phenoxy) is 1. The lowest BCUT2D eigenvalue weighted by Gasteiger charge is -2.20. The van der Waals surface area contributed by atoms with E-state index in [1.807, 2.05) is 6.07 Å². The zero-order chi connectivity index (χ0) is 10.7. The van der Waals surface area contributed by atoms with Gasteiger partial charge < -0.3 is 4.74 Å². The number of benzene rings is 1. The second-order valence-corrected chi connectivity index (χ2v) is 3.60. The van der Waals surface area contributed by atoms with Crippen LogP contribution in [0.4, 0.5) is 0 Å². The fourth-order valence-corrected chi connectivity index (χ4v) is 1.68. The Morgan fingerprint density at radius 1 is 1.27 bits per heavy atom. The number of Topliss-reactive ketones (excluding diaryl/α,β-unsaturated/α-hetero) is 1. The molecule has 1 unspecified atom stereocenters. The van der Waals surface area contributed by atoms with Gasteiger partial charge in [-0.25, -0.2) is 0 Å². The third kappa shape index (κ3) is 2.24. The zero-order valence-corrected chi connectivity index (χ0v) is 8.31. The van der Waals surface area contributed by atoms with Crippen molar-refractivity contribution in [1.82, 2.24) is 0 Å². The molecule has 1 fully saturated rings. The summed E-state index contributed by atoms with van der Waals surface area (Å²) in [6.45, 7) is 0. The summed E-state index contributed by atoms with van der Waals surface area (Å²) in [6.07, 6.45) is 1.23. The van der Waals surface area contributed by atoms with Crippen molar-refractivity contribution in [3.63, 3.8) is 0 Å². The summed E-state index contributed by atoms with van der Waals surface area (Å²) in [4.78, 5) is 22.9. The Kier molecular flexibility index (Phi) is 2.81. The fourth-order valence-electron chi connectivity index (χ4n) is 1.68. The maximum atomic E-state index is 11.9. The Hall–Kier alpha value is -1.64. The number of carbonyl (C=O) groups is 2. The lowest BCUT2D eigenvalue weighted by molar-refractivity contribution is -0.150. The van der Waals surface area contributed by atoms with Gasteiger partial charge in [-0.05, 0) is 12.8 Å². The van der Waals surface area contributed by atoms with Gasteiger partial charge in [-0.3, -0.25) is 9.59 Å². The first-order chi connectivity index (χ1) is 7.27. The number of hydrogen-bond acceptors (Lipinski definition) is 3. The summed E-state index contributed by atoms with van der Waals surface area (Å²) in [5, 5.41) is 0. The molecule has 0 bridgehead atoms. The molecule has 0 radical (unpaired) electrons. The molecule has 0 amide bonds. The van der Waals surface area contributed by atoms with Crippen molar-refractivity contribution in [3.05, 3.63) is 35.9 Å². The lowest BCUT2D eigenvalue weighted by Crippen LogP contribution is -2.31. The molecule has 2 rings (SSSR count). The van der Waals surface area contributed by atoms with E-state index in [1.165, 1.54) is 0 Å². The van der Waals surface area contributed by atoms with E-state index in [-0.39, 0.29) is 11.8 Å². The van der Waals surface area contributed by atoms with E-state index in [1.54, 1.807) is 24.3 Å². The Labute approximate surface area is 88.1 Å². The first-order valence-corrected chi connectivity index (χ1v) is 5.06. The summed E-state index contributed by atoms with van der Waals surface area (Å²) in [7, 11) is 0. The van der Waals surface area contributed by atoms with Crippen LogP contribution >= 0.6 is 0 Å². The third-order valence-corrected chi connectivity index (χ3v) is 2.47. The van der Waals surface area contributed by atoms with E-state index in [4.69, 9.17) is 4.74 Å². The fraction of sp³-hybridized carbons (Fsp3) is 0.333. The molecule has 0 aromatic heterocycles. The van der Waals surface area contributed by atoms with Gasteiger partial charge in [0.1, 0.15) is 0 Å². The van der Waals surface area contributed by atoms with E-state index >= 15 is 0 Å². The predicted molar refractivity (Wildman–Crippen MR) is 54.5 cm³/mol. The minimum absolute atomic E-state index is 0.0938. The average molecular weight is 204 g/mol. The van der Waals surface area contributed by atoms with Crippen LogP contribution in [0.25, 0.3) is 0 Å². The Morgan fingerprint density at radius 3 is 2.67 bits per heavy atom. The predicted octanol–water partition coefficient (Wildman–Crippen LogP) is 1.97. The van der Waals surface area contributed by atoms with Crippen molar-refractivity contribution in [3.8, 4) is 0 Å². The molecule has 1 heterocycles. The van der Waals surface area contributed by atoms with E-state index in [0.717, 1.165) is 6.42 Å². The monoisotopic (exact) mass is 204 g/mol. The van der Waals surface area contributed by atoms with Crippen molar-refractivity contribution in [1.29, 1.82) is 0 Å². The van der Waals surface area contributed by atoms with E-state index < -0.39 is 6.10 Å². The number of cyclic esters (lactones) is 1. The molecule has 1 atom stereocenters. The van der Waals surface area contributed by atoms with Crippen molar-refractivity contribution >= 4 is 11.8 Å². The minimum atomic E-state index is -0.575. The van der Waals surface area contributed by atoms with E-state index in [0.29, 0.717) is 18.4 Å². The number of ketones is 1. The van der Waals surface area contributed by atoms with Crippen LogP contribution in [-0.2, 0) is 9.53 Å². The van der Waals surface area contributed by atoms with Gasteiger partial charge in [-0.1, -0.05) is 30.3 Å². The maximum absolute atomic E-state index is 11.9. The van der Waals surface area contributed by atoms with Crippen molar-refractivity contribution < 1.29 is 14.3 Å². The molecule has 1 aliphatic heterocycles. The molecule has 0 saturated carbocycles. The highest BCUT2D eigenvalue weighted by atomic mass is 16.5. The summed E-state index contributed by atoms with van der Waals surface area (Å²) in [6, 6.07) is 8.94. The van der Waals surface area contributed by atoms with Gasteiger partial charge in [0.2, 0.25) is 5.78 Å². The number of esters is 1. The largest absolute Gasteiger partial charge is 0.454 e. The molecule has 1 saturated heterocycles. The van der Waals surface area contributed by atoms with Gasteiger partial charge in [-0.15, -0.1) is 0 Å². The number of carbonyl (C=O) groups excluding carboxylic acids is 2. The Bertz CT molecular complexity index is 370. The highest BCUT2D eigenvalue weighted by molar-refractivity contribution is 6.00. The summed E-state index contributed by atoms with van der Waals surface area (Å²) in [5.41, 5.74) is 0.609. The maximum Gasteiger partial charge on any atom is 0.306 e. The minimum Gasteiger partial charge on any atom is -0.454 e. The first kappa shape index (κ1) is 9.90. The lowest BCUT2D eigenvalue weighted by atomic mass is 10.00. The molecular formula is C12H12O3. The smallest absolute Gasteiger partial charge is 0.306 e. The molecule has 78 valence electrons. The summed E-state index contributed by atoms with van der Waals surface area (Å²) >= 11 is 0. The van der Waals surface area contributed by atoms with Crippen LogP contribution in [0.2, 0.25) is 0 Å². The van der Waals surface area contributed by atoms with Gasteiger partial charge in [-0.2, -0.15) is 0 Å². The van der Waals surface area contributed by atoms with Crippen molar-refractivity contribution in [2.24, 2.45) is 0 Å². The van der Waals surface area contributed by atoms with Gasteiger partial charge >= 0.3 is 5.97 Å². The van der Waals surface area contributed by atoms with Crippen molar-refractivity contribution in [2.75, 3.05) is 0 Å². The topological polar surface area (TPSA) is 43.4 Å². The molecule has 15 heavy (non-hydrogen) atoms. The number of hydrogen-bond donors (Lipinski definition) is 0. The van der Waals surface area contributed by atoms with E-state index in [2.05, 4.69) is 0 Å². The van der Waals surface area contributed by atoms with E-state index in [9.17, 15) is 9.59 Å². The second-order valence-electron chi connectivity index (χ2n) is 3.60. The van der Waals surface area contributed by atoms with Gasteiger partial charge in [0.05, 0.1) is 0 Å². The highest BCUT2D eigenvalue weighted by Gasteiger charge is 2.27. The standard InChI is InChI=1S/C12H12O3/c13-11-8-4-7-10(15-11)12(14)9-5-2-1-3-6-9/h1-3,5-6,10H,4,7-8H2. The third-order valence-electron chi connectivity index (χ3n) is 2.47. The molecule has 1 aliphatic rings. The molecular weight excluding hydrogens is 192 g/mol. The van der Waals surface area contributed by atoms with Crippen LogP contribution in [0.3, 0.4) is 0 Å². The molecule has 0 N–H and O–H groups in total. The van der Waals surface area contributed by atoms with Gasteiger partial charge in [0.15, 0.2) is 6.10 Å². The highest BCUT2D eigenvalue weighted by Crippen LogP contribution is 2.18. The van der Waals surface area contributed by atoms with Crippen LogP contribution in [0.1, 0.15) is 29.6 Å². The van der Waals surface area contributed by atoms with Gasteiger partial charge in [0.25, 0.3) is 0 Å². The quantitative estimate of drug-likeness (QED) is 0.546. The first-order valence-electron chi connectivity index (χ1n) is 5.06. The van der Waals surface area contributed by atoms with Crippen molar-refractivity contribution in [2.45, 2.75) is 25.4 Å². The van der Waals surface area contributed by atoms with Crippen LogP contribution < -0.4 is 0 Å². The normalized spacial score (nSPS) is 20.8. The molecule has 0 spiro atoms. The van der Waals surface area contributed by atoms with Crippen LogP contribution in [-0.4, -0.2) is 17.9 Å². The number of rotatable bonds is 2. The second kappa shape index (κ2) is 4.26. The summed E-state index contributed by atoms with van der Waals surface area (Å²) in [5.74, 6) is -0.362. The molecule has 1 aromatic carbocycles. The average Bonchev–Trinajstić information content (AvgIpc) is 2.29. The molecule has 3 nitrogen and oxygen atoms in total. The van der Waals surface area contributed by atoms with Crippen LogP contribution in [0.5, 0.6) is 0 Å². The zero-order valence-electron chi connectivity index (χ0n) is 8.31. The SMILES string of the molecule is O=C1CCCC(C(=O)c2ccccc2)O1. The summed E-state index contributed by atoms with van der Waals surface area (Å²) < 4.78 is 5.01. The molecule has 1 aromatic rings. The van der Waals surface area contributed by atoms with Crippen LogP contribution in [0.15, 0.2) is 30.3 Å². The van der Waals surface area contributed by atoms with Gasteiger partial charge in [0, 0.05) is 12.0 Å². The molecule has 3 heteroatoms. The Balaban J connectivity index is 2.11. The van der Waals surface area contributed by atoms with Crippen LogP contribution in [0, 0.1) is 0 Å².